The second-order valence-corrected chi connectivity index (χ2v) is 11.3. The first kappa shape index (κ1) is 18.3. The molecule has 0 aromatic carbocycles. The highest BCUT2D eigenvalue weighted by Crippen LogP contribution is 2.47. The molecule has 1 aromatic rings. The SMILES string of the molecule is NC1=NC(N)(c2sc(C#CC3CCCC3)cc2Cl)CS(=O)(=O)C12CCC2. The Labute approximate surface area is 163 Å². The molecule has 1 atom stereocenters. The molecular formula is C18H22ClN3O2S2. The standard InChI is InChI=1S/C18H22ClN3O2S2/c19-14-10-13(7-6-12-4-1-2-5-12)25-15(14)18(21)11-26(23,24)17(8-3-9-17)16(20)22-18/h10,12H,1-5,8-9,11,21H2,(H2,20,22). The van der Waals surface area contributed by atoms with Gasteiger partial charge in [-0.05, 0) is 38.2 Å². The van der Waals surface area contributed by atoms with Crippen molar-refractivity contribution in [2.45, 2.75) is 55.4 Å². The van der Waals surface area contributed by atoms with E-state index in [-0.39, 0.29) is 11.6 Å². The van der Waals surface area contributed by atoms with Gasteiger partial charge in [0.1, 0.15) is 10.6 Å². The van der Waals surface area contributed by atoms with Gasteiger partial charge < -0.3 is 11.5 Å². The molecule has 0 amide bonds. The number of nitrogens with two attached hydrogens (primary N) is 2. The van der Waals surface area contributed by atoms with Gasteiger partial charge in [-0.15, -0.1) is 11.3 Å². The number of hydrogen-bond donors (Lipinski definition) is 2. The van der Waals surface area contributed by atoms with E-state index in [1.165, 1.54) is 24.2 Å². The zero-order valence-corrected chi connectivity index (χ0v) is 16.8. The van der Waals surface area contributed by atoms with Gasteiger partial charge in [-0.1, -0.05) is 36.3 Å². The Morgan fingerprint density at radius 2 is 1.96 bits per heavy atom. The topological polar surface area (TPSA) is 98.5 Å². The predicted octanol–water partition coefficient (Wildman–Crippen LogP) is 2.76. The van der Waals surface area contributed by atoms with Crippen LogP contribution in [0.4, 0.5) is 0 Å². The first-order chi connectivity index (χ1) is 12.3. The van der Waals surface area contributed by atoms with Crippen LogP contribution >= 0.6 is 22.9 Å². The van der Waals surface area contributed by atoms with Crippen LogP contribution in [0.1, 0.15) is 54.7 Å². The Bertz CT molecular complexity index is 931. The minimum Gasteiger partial charge on any atom is -0.386 e. The van der Waals surface area contributed by atoms with Crippen LogP contribution in [0, 0.1) is 17.8 Å². The van der Waals surface area contributed by atoms with Crippen molar-refractivity contribution < 1.29 is 8.42 Å². The molecule has 1 spiro atoms. The van der Waals surface area contributed by atoms with E-state index in [0.29, 0.717) is 28.7 Å². The third-order valence-corrected chi connectivity index (χ3v) is 10.0. The second-order valence-electron chi connectivity index (χ2n) is 7.57. The van der Waals surface area contributed by atoms with Crippen molar-refractivity contribution in [1.29, 1.82) is 0 Å². The van der Waals surface area contributed by atoms with Crippen molar-refractivity contribution in [3.63, 3.8) is 0 Å². The molecular weight excluding hydrogens is 390 g/mol. The summed E-state index contributed by atoms with van der Waals surface area (Å²) in [4.78, 5) is 5.75. The first-order valence-corrected chi connectivity index (χ1v) is 11.8. The summed E-state index contributed by atoms with van der Waals surface area (Å²) in [7, 11) is -3.49. The van der Waals surface area contributed by atoms with Gasteiger partial charge in [0.25, 0.3) is 0 Å². The fourth-order valence-electron chi connectivity index (χ4n) is 4.09. The Morgan fingerprint density at radius 3 is 2.54 bits per heavy atom. The van der Waals surface area contributed by atoms with Gasteiger partial charge in [0.2, 0.25) is 0 Å². The third-order valence-electron chi connectivity index (χ3n) is 5.79. The van der Waals surface area contributed by atoms with Crippen LogP contribution in [-0.2, 0) is 15.5 Å². The average molecular weight is 412 g/mol. The molecule has 2 heterocycles. The lowest BCUT2D eigenvalue weighted by Gasteiger charge is -2.46. The molecule has 1 aliphatic heterocycles. The molecule has 5 nitrogen and oxygen atoms in total. The van der Waals surface area contributed by atoms with Gasteiger partial charge in [-0.25, -0.2) is 13.4 Å². The maximum atomic E-state index is 12.9. The molecule has 4 N–H and O–H groups in total. The van der Waals surface area contributed by atoms with Gasteiger partial charge in [-0.2, -0.15) is 0 Å². The summed E-state index contributed by atoms with van der Waals surface area (Å²) >= 11 is 7.70. The summed E-state index contributed by atoms with van der Waals surface area (Å²) in [5.41, 5.74) is 11.1. The zero-order valence-electron chi connectivity index (χ0n) is 14.4. The number of amidine groups is 1. The predicted molar refractivity (Wildman–Crippen MR) is 106 cm³/mol. The van der Waals surface area contributed by atoms with Crippen LogP contribution in [-0.4, -0.2) is 24.8 Å². The van der Waals surface area contributed by atoms with E-state index < -0.39 is 20.2 Å². The smallest absolute Gasteiger partial charge is 0.167 e. The molecule has 3 aliphatic rings. The van der Waals surface area contributed by atoms with Gasteiger partial charge in [0.05, 0.1) is 20.5 Å². The summed E-state index contributed by atoms with van der Waals surface area (Å²) < 4.78 is 24.8. The van der Waals surface area contributed by atoms with Crippen molar-refractivity contribution >= 4 is 38.6 Å². The maximum absolute atomic E-state index is 12.9. The second kappa shape index (κ2) is 6.23. The van der Waals surface area contributed by atoms with E-state index in [2.05, 4.69) is 16.8 Å². The van der Waals surface area contributed by atoms with Crippen molar-refractivity contribution in [2.75, 3.05) is 5.75 Å². The number of thiophene rings is 1. The van der Waals surface area contributed by atoms with Crippen LogP contribution in [0.25, 0.3) is 0 Å². The van der Waals surface area contributed by atoms with Crippen molar-refractivity contribution in [1.82, 2.24) is 0 Å². The van der Waals surface area contributed by atoms with E-state index in [4.69, 9.17) is 23.1 Å². The molecule has 2 saturated carbocycles. The number of nitrogens with zero attached hydrogens (tertiary/aromatic N) is 1. The lowest BCUT2D eigenvalue weighted by atomic mass is 9.83. The van der Waals surface area contributed by atoms with Crippen molar-refractivity contribution in [2.24, 2.45) is 22.4 Å². The quantitative estimate of drug-likeness (QED) is 0.694. The fourth-order valence-corrected chi connectivity index (χ4v) is 7.93. The lowest BCUT2D eigenvalue weighted by Crippen LogP contribution is -2.63. The normalized spacial score (nSPS) is 29.7. The molecule has 2 fully saturated rings. The van der Waals surface area contributed by atoms with Crippen molar-refractivity contribution in [3.05, 3.63) is 20.8 Å². The lowest BCUT2D eigenvalue weighted by molar-refractivity contribution is 0.389. The molecule has 1 aromatic heterocycles. The molecule has 0 saturated heterocycles. The Balaban J connectivity index is 1.69. The maximum Gasteiger partial charge on any atom is 0.167 e. The fraction of sp³-hybridized carbons (Fsp3) is 0.611. The Morgan fingerprint density at radius 1 is 1.27 bits per heavy atom. The molecule has 140 valence electrons. The van der Waals surface area contributed by atoms with E-state index in [9.17, 15) is 8.42 Å². The summed E-state index contributed by atoms with van der Waals surface area (Å²) in [6.45, 7) is 0. The van der Waals surface area contributed by atoms with Crippen LogP contribution in [0.2, 0.25) is 5.02 Å². The highest BCUT2D eigenvalue weighted by Gasteiger charge is 2.58. The van der Waals surface area contributed by atoms with Crippen LogP contribution < -0.4 is 11.5 Å². The van der Waals surface area contributed by atoms with Gasteiger partial charge in [0.15, 0.2) is 15.5 Å². The molecule has 26 heavy (non-hydrogen) atoms. The van der Waals surface area contributed by atoms with Crippen LogP contribution in [0.5, 0.6) is 0 Å². The average Bonchev–Trinajstić information content (AvgIpc) is 3.11. The zero-order chi connectivity index (χ0) is 18.6. The van der Waals surface area contributed by atoms with Crippen LogP contribution in [0.3, 0.4) is 0 Å². The van der Waals surface area contributed by atoms with Gasteiger partial charge >= 0.3 is 0 Å². The number of aliphatic imine (C=N–C) groups is 1. The highest BCUT2D eigenvalue weighted by molar-refractivity contribution is 7.93. The third kappa shape index (κ3) is 2.78. The largest absolute Gasteiger partial charge is 0.386 e. The summed E-state index contributed by atoms with van der Waals surface area (Å²) in [6.07, 6.45) is 6.63. The molecule has 2 aliphatic carbocycles. The summed E-state index contributed by atoms with van der Waals surface area (Å²) in [5, 5.41) is 0.407. The molecule has 4 rings (SSSR count). The number of halogens is 1. The van der Waals surface area contributed by atoms with E-state index in [1.54, 1.807) is 6.07 Å². The minimum absolute atomic E-state index is 0.126. The number of sulfone groups is 1. The summed E-state index contributed by atoms with van der Waals surface area (Å²) in [5.74, 6) is 6.76. The number of rotatable bonds is 1. The first-order valence-electron chi connectivity index (χ1n) is 8.94. The minimum atomic E-state index is -3.49. The van der Waals surface area contributed by atoms with Gasteiger partial charge in [-0.3, -0.25) is 0 Å². The van der Waals surface area contributed by atoms with Gasteiger partial charge in [0, 0.05) is 5.92 Å². The highest BCUT2D eigenvalue weighted by atomic mass is 35.5. The Kier molecular flexibility index (Phi) is 4.39. The van der Waals surface area contributed by atoms with Crippen LogP contribution in [0.15, 0.2) is 11.1 Å². The molecule has 0 radical (unpaired) electrons. The molecule has 8 heteroatoms. The monoisotopic (exact) mass is 411 g/mol. The van der Waals surface area contributed by atoms with E-state index >= 15 is 0 Å². The van der Waals surface area contributed by atoms with E-state index in [1.807, 2.05) is 0 Å². The summed E-state index contributed by atoms with van der Waals surface area (Å²) in [6, 6.07) is 1.75. The number of hydrogen-bond acceptors (Lipinski definition) is 6. The molecule has 1 unspecified atom stereocenters. The van der Waals surface area contributed by atoms with E-state index in [0.717, 1.165) is 24.1 Å². The Hall–Kier alpha value is -1.07. The molecule has 0 bridgehead atoms. The van der Waals surface area contributed by atoms with Crippen molar-refractivity contribution in [3.8, 4) is 11.8 Å².